The summed E-state index contributed by atoms with van der Waals surface area (Å²) in [5.41, 5.74) is 1.48. The summed E-state index contributed by atoms with van der Waals surface area (Å²) < 4.78 is 5.89. The van der Waals surface area contributed by atoms with E-state index < -0.39 is 18.1 Å². The largest absolute Gasteiger partial charge is 0.450 e. The molecule has 1 N–H and O–H groups in total. The average Bonchev–Trinajstić information content (AvgIpc) is 3.07. The van der Waals surface area contributed by atoms with Crippen LogP contribution in [0.3, 0.4) is 0 Å². The molecular weight excluding hydrogens is 449 g/mol. The molecule has 3 aromatic carbocycles. The molecular formula is C25H17Cl2NO4. The Hall–Kier alpha value is -3.12. The van der Waals surface area contributed by atoms with Crippen molar-refractivity contribution in [1.82, 2.24) is 4.90 Å². The summed E-state index contributed by atoms with van der Waals surface area (Å²) >= 11 is 12.3. The highest BCUT2D eigenvalue weighted by Crippen LogP contribution is 2.40. The van der Waals surface area contributed by atoms with Crippen molar-refractivity contribution in [1.29, 1.82) is 0 Å². The fraction of sp³-hybridized carbons (Fsp3) is 0.120. The van der Waals surface area contributed by atoms with Gasteiger partial charge in [0.1, 0.15) is 5.58 Å². The number of hydrogen-bond donors (Lipinski definition) is 1. The number of β-amino-alcohol motifs (C(OH)–C–C–N with tert-alkyl or cyclic N) is 1. The van der Waals surface area contributed by atoms with Crippen LogP contribution in [0.1, 0.15) is 39.4 Å². The second-order valence-corrected chi connectivity index (χ2v) is 8.53. The number of carbonyl (C=O) groups is 1. The van der Waals surface area contributed by atoms with Crippen LogP contribution in [-0.4, -0.2) is 22.5 Å². The van der Waals surface area contributed by atoms with Crippen molar-refractivity contribution in [3.05, 3.63) is 116 Å². The van der Waals surface area contributed by atoms with Crippen molar-refractivity contribution in [2.45, 2.75) is 12.1 Å². The molecule has 1 aromatic heterocycles. The van der Waals surface area contributed by atoms with Gasteiger partial charge in [-0.2, -0.15) is 0 Å². The summed E-state index contributed by atoms with van der Waals surface area (Å²) in [5, 5.41) is 12.0. The molecule has 7 heteroatoms. The second kappa shape index (κ2) is 8.10. The van der Waals surface area contributed by atoms with Crippen LogP contribution < -0.4 is 5.43 Å². The Balaban J connectivity index is 1.69. The highest BCUT2D eigenvalue weighted by molar-refractivity contribution is 6.31. The highest BCUT2D eigenvalue weighted by atomic mass is 35.5. The molecule has 2 atom stereocenters. The minimum atomic E-state index is -0.949. The summed E-state index contributed by atoms with van der Waals surface area (Å²) in [6.07, 6.45) is -0.949. The fourth-order valence-electron chi connectivity index (χ4n) is 4.17. The van der Waals surface area contributed by atoms with Gasteiger partial charge in [0.15, 0.2) is 5.43 Å². The van der Waals surface area contributed by atoms with Crippen molar-refractivity contribution < 1.29 is 14.3 Å². The van der Waals surface area contributed by atoms with Crippen molar-refractivity contribution >= 4 is 40.1 Å². The minimum Gasteiger partial charge on any atom is -0.450 e. The summed E-state index contributed by atoms with van der Waals surface area (Å²) in [4.78, 5) is 28.4. The van der Waals surface area contributed by atoms with Crippen LogP contribution >= 0.6 is 23.2 Å². The van der Waals surface area contributed by atoms with Gasteiger partial charge in [-0.25, -0.2) is 0 Å². The van der Waals surface area contributed by atoms with Gasteiger partial charge in [-0.3, -0.25) is 9.59 Å². The molecule has 0 saturated heterocycles. The van der Waals surface area contributed by atoms with Crippen LogP contribution in [0.25, 0.3) is 11.0 Å². The lowest BCUT2D eigenvalue weighted by Gasteiger charge is -2.27. The van der Waals surface area contributed by atoms with Crippen LogP contribution in [0.4, 0.5) is 0 Å². The van der Waals surface area contributed by atoms with Crippen molar-refractivity contribution in [2.24, 2.45) is 0 Å². The van der Waals surface area contributed by atoms with E-state index in [2.05, 4.69) is 0 Å². The van der Waals surface area contributed by atoms with Gasteiger partial charge in [0.25, 0.3) is 5.91 Å². The number of rotatable bonds is 4. The number of aliphatic hydroxyl groups excluding tert-OH is 1. The smallest absolute Gasteiger partial charge is 0.291 e. The summed E-state index contributed by atoms with van der Waals surface area (Å²) in [7, 11) is 0. The lowest BCUT2D eigenvalue weighted by atomic mass is 9.98. The van der Waals surface area contributed by atoms with Crippen LogP contribution in [0.2, 0.25) is 10.0 Å². The van der Waals surface area contributed by atoms with E-state index in [0.29, 0.717) is 26.6 Å². The van der Waals surface area contributed by atoms with Crippen LogP contribution in [0.15, 0.2) is 82.0 Å². The lowest BCUT2D eigenvalue weighted by molar-refractivity contribution is 0.0583. The van der Waals surface area contributed by atoms with Gasteiger partial charge in [0, 0.05) is 10.0 Å². The van der Waals surface area contributed by atoms with E-state index in [0.717, 1.165) is 0 Å². The molecule has 0 radical (unpaired) electrons. The Morgan fingerprint density at radius 2 is 1.69 bits per heavy atom. The molecule has 2 heterocycles. The molecule has 0 spiro atoms. The molecule has 1 aliphatic rings. The molecule has 160 valence electrons. The quantitative estimate of drug-likeness (QED) is 0.439. The summed E-state index contributed by atoms with van der Waals surface area (Å²) in [6, 6.07) is 20.0. The number of halogens is 2. The standard InChI is InChI=1S/C25H17Cl2NO4/c26-16-8-4-7-15(11-16)22-21-23(30)18-12-17(27)9-10-20(18)32-24(21)25(31)28(22)13-19(29)14-5-2-1-3-6-14/h1-12,19,22,29H,13H2. The van der Waals surface area contributed by atoms with Gasteiger partial charge < -0.3 is 14.4 Å². The van der Waals surface area contributed by atoms with E-state index in [9.17, 15) is 14.7 Å². The number of amides is 1. The number of carbonyl (C=O) groups excluding carboxylic acids is 1. The first kappa shape index (κ1) is 20.8. The third-order valence-electron chi connectivity index (χ3n) is 5.65. The van der Waals surface area contributed by atoms with Crippen molar-refractivity contribution in [3.8, 4) is 0 Å². The maximum atomic E-state index is 13.5. The van der Waals surface area contributed by atoms with E-state index in [1.165, 1.54) is 11.0 Å². The molecule has 4 aromatic rings. The number of fused-ring (bicyclic) bond motifs is 2. The van der Waals surface area contributed by atoms with E-state index in [1.54, 1.807) is 48.5 Å². The van der Waals surface area contributed by atoms with Crippen LogP contribution in [0, 0.1) is 0 Å². The Kier molecular flexibility index (Phi) is 5.25. The molecule has 1 amide bonds. The zero-order valence-corrected chi connectivity index (χ0v) is 18.2. The van der Waals surface area contributed by atoms with E-state index in [4.69, 9.17) is 27.6 Å². The Morgan fingerprint density at radius 1 is 0.938 bits per heavy atom. The minimum absolute atomic E-state index is 0.0270. The second-order valence-electron chi connectivity index (χ2n) is 7.66. The third kappa shape index (κ3) is 3.48. The van der Waals surface area contributed by atoms with Crippen molar-refractivity contribution in [2.75, 3.05) is 6.54 Å². The van der Waals surface area contributed by atoms with Gasteiger partial charge in [-0.1, -0.05) is 65.7 Å². The molecule has 0 bridgehead atoms. The predicted octanol–water partition coefficient (Wildman–Crippen LogP) is 5.38. The Labute approximate surface area is 193 Å². The van der Waals surface area contributed by atoms with Crippen molar-refractivity contribution in [3.63, 3.8) is 0 Å². The molecule has 32 heavy (non-hydrogen) atoms. The summed E-state index contributed by atoms with van der Waals surface area (Å²) in [6.45, 7) is -0.0270. The molecule has 5 rings (SSSR count). The Bertz CT molecular complexity index is 1400. The molecule has 5 nitrogen and oxygen atoms in total. The SMILES string of the molecule is O=C1c2oc3ccc(Cl)cc3c(=O)c2C(c2cccc(Cl)c2)N1CC(O)c1ccccc1. The first-order valence-electron chi connectivity index (χ1n) is 10.00. The van der Waals surface area contributed by atoms with Gasteiger partial charge >= 0.3 is 0 Å². The monoisotopic (exact) mass is 465 g/mol. The molecule has 0 fully saturated rings. The molecule has 0 aliphatic carbocycles. The zero-order valence-electron chi connectivity index (χ0n) is 16.7. The van der Waals surface area contributed by atoms with Gasteiger partial charge in [0.05, 0.1) is 29.6 Å². The number of hydrogen-bond acceptors (Lipinski definition) is 4. The molecule has 2 unspecified atom stereocenters. The van der Waals surface area contributed by atoms with Gasteiger partial charge in [-0.05, 0) is 41.5 Å². The number of aliphatic hydroxyl groups is 1. The number of benzene rings is 3. The average molecular weight is 466 g/mol. The van der Waals surface area contributed by atoms with E-state index >= 15 is 0 Å². The highest BCUT2D eigenvalue weighted by Gasteiger charge is 2.43. The number of nitrogens with zero attached hydrogens (tertiary/aromatic N) is 1. The third-order valence-corrected chi connectivity index (χ3v) is 6.12. The predicted molar refractivity (Wildman–Crippen MR) is 123 cm³/mol. The summed E-state index contributed by atoms with van der Waals surface area (Å²) in [5.74, 6) is -0.496. The lowest BCUT2D eigenvalue weighted by Crippen LogP contribution is -2.33. The maximum absolute atomic E-state index is 13.5. The first-order chi connectivity index (χ1) is 15.4. The zero-order chi connectivity index (χ0) is 22.4. The maximum Gasteiger partial charge on any atom is 0.291 e. The normalized spacial score (nSPS) is 16.4. The molecule has 1 aliphatic heterocycles. The van der Waals surface area contributed by atoms with E-state index in [1.807, 2.05) is 18.2 Å². The topological polar surface area (TPSA) is 70.8 Å². The van der Waals surface area contributed by atoms with Gasteiger partial charge in [0.2, 0.25) is 5.76 Å². The fourth-order valence-corrected chi connectivity index (χ4v) is 4.54. The van der Waals surface area contributed by atoms with E-state index in [-0.39, 0.29) is 28.9 Å². The van der Waals surface area contributed by atoms with Crippen LogP contribution in [-0.2, 0) is 0 Å². The Morgan fingerprint density at radius 3 is 2.44 bits per heavy atom. The first-order valence-corrected chi connectivity index (χ1v) is 10.8. The molecule has 0 saturated carbocycles. The van der Waals surface area contributed by atoms with Gasteiger partial charge in [-0.15, -0.1) is 0 Å². The van der Waals surface area contributed by atoms with Crippen LogP contribution in [0.5, 0.6) is 0 Å².